The Balaban J connectivity index is 0.000000441. The molecular weight excluding hydrogens is 879 g/mol. The van der Waals surface area contributed by atoms with Crippen LogP contribution in [0.2, 0.25) is 0 Å². The Morgan fingerprint density at radius 3 is 1.35 bits per heavy atom. The van der Waals surface area contributed by atoms with Crippen LogP contribution in [0.25, 0.3) is 0 Å². The second-order valence-corrected chi connectivity index (χ2v) is 13.6. The predicted octanol–water partition coefficient (Wildman–Crippen LogP) is 4.86. The number of benzene rings is 4. The molecule has 0 aliphatic carbocycles. The van der Waals surface area contributed by atoms with E-state index in [0.29, 0.717) is 6.29 Å². The number of nitrogens with zero attached hydrogens (tertiary/aromatic N) is 3. The topological polar surface area (TPSA) is 271 Å². The van der Waals surface area contributed by atoms with Crippen molar-refractivity contribution >= 4 is 66.5 Å². The summed E-state index contributed by atoms with van der Waals surface area (Å²) in [5.41, 5.74) is 1.32. The number of nitrogens with two attached hydrogens (primary N) is 1. The number of nitro groups is 2. The number of sulfonamides is 2. The molecule has 4 N–H and O–H groups in total. The number of nitrogens with one attached hydrogen (secondary N) is 2. The summed E-state index contributed by atoms with van der Waals surface area (Å²) in [5.74, 6) is 5.77. The largest absolute Gasteiger partial charge is 0.493 e. The molecule has 0 saturated heterocycles. The molecule has 0 amide bonds. The average Bonchev–Trinajstić information content (AvgIpc) is 3.18. The van der Waals surface area contributed by atoms with Crippen LogP contribution in [0.1, 0.15) is 27.0 Å². The van der Waals surface area contributed by atoms with E-state index in [1.165, 1.54) is 70.9 Å². The number of rotatable bonds is 13. The highest BCUT2D eigenvalue weighted by atomic mass is 127. The number of aryl methyl sites for hydroxylation is 2. The molecule has 0 fully saturated rings. The van der Waals surface area contributed by atoms with E-state index in [1.807, 2.05) is 23.6 Å². The number of carbonyl (C=O) groups is 1. The average molecular weight is 919 g/mol. The summed E-state index contributed by atoms with van der Waals surface area (Å²) in [5, 5.41) is 25.4. The van der Waals surface area contributed by atoms with E-state index in [2.05, 4.69) is 27.7 Å². The van der Waals surface area contributed by atoms with Gasteiger partial charge in [0.1, 0.15) is 0 Å². The quantitative estimate of drug-likeness (QED) is 0.0308. The van der Waals surface area contributed by atoms with Crippen LogP contribution in [0.3, 0.4) is 0 Å². The molecule has 55 heavy (non-hydrogen) atoms. The van der Waals surface area contributed by atoms with Crippen LogP contribution in [-0.4, -0.2) is 72.6 Å². The van der Waals surface area contributed by atoms with Crippen LogP contribution in [0.4, 0.5) is 11.4 Å². The van der Waals surface area contributed by atoms with Crippen molar-refractivity contribution < 1.29 is 50.4 Å². The van der Waals surface area contributed by atoms with Gasteiger partial charge in [-0.1, -0.05) is 58.0 Å². The first-order valence-electron chi connectivity index (χ1n) is 15.0. The van der Waals surface area contributed by atoms with Crippen molar-refractivity contribution in [1.29, 1.82) is 0 Å². The molecule has 0 heterocycles. The number of hydrogen-bond acceptors (Lipinski definition) is 15. The minimum atomic E-state index is -3.88. The second kappa shape index (κ2) is 22.7. The highest BCUT2D eigenvalue weighted by Crippen LogP contribution is 2.34. The molecule has 0 radical (unpaired) electrons. The maximum absolute atomic E-state index is 12.2. The first-order chi connectivity index (χ1) is 26.0. The lowest BCUT2D eigenvalue weighted by atomic mass is 10.1. The summed E-state index contributed by atoms with van der Waals surface area (Å²) < 4.78 is 66.4. The molecular formula is C33H39IN6O13S2. The molecule has 19 nitrogen and oxygen atoms in total. The Morgan fingerprint density at radius 2 is 1.00 bits per heavy atom. The van der Waals surface area contributed by atoms with Crippen LogP contribution in [0.15, 0.2) is 87.7 Å². The van der Waals surface area contributed by atoms with E-state index in [-0.39, 0.29) is 55.3 Å². The van der Waals surface area contributed by atoms with E-state index in [4.69, 9.17) is 24.8 Å². The minimum Gasteiger partial charge on any atom is -0.493 e. The van der Waals surface area contributed by atoms with Gasteiger partial charge in [0.2, 0.25) is 0 Å². The molecule has 298 valence electrons. The molecule has 0 spiro atoms. The third-order valence-corrected chi connectivity index (χ3v) is 9.22. The molecule has 4 aromatic carbocycles. The number of hydrazone groups is 1. The van der Waals surface area contributed by atoms with E-state index in [0.717, 1.165) is 23.4 Å². The summed E-state index contributed by atoms with van der Waals surface area (Å²) in [6.45, 7) is 3.71. The highest BCUT2D eigenvalue weighted by Gasteiger charge is 2.20. The smallest absolute Gasteiger partial charge is 0.283 e. The second-order valence-electron chi connectivity index (χ2n) is 10.3. The summed E-state index contributed by atoms with van der Waals surface area (Å²) in [6.07, 6.45) is 1.44. The van der Waals surface area contributed by atoms with Crippen molar-refractivity contribution in [2.24, 2.45) is 10.9 Å². The fourth-order valence-corrected chi connectivity index (χ4v) is 5.42. The minimum absolute atomic E-state index is 0.0297. The Morgan fingerprint density at radius 1 is 0.655 bits per heavy atom. The van der Waals surface area contributed by atoms with E-state index in [9.17, 15) is 41.9 Å². The number of methoxy groups -OCH3 is 4. The molecule has 0 aromatic heterocycles. The van der Waals surface area contributed by atoms with Crippen LogP contribution < -0.4 is 34.5 Å². The number of hydrazine groups is 1. The van der Waals surface area contributed by atoms with Gasteiger partial charge in [-0.3, -0.25) is 30.9 Å². The maximum atomic E-state index is 12.2. The number of alkyl halides is 1. The van der Waals surface area contributed by atoms with Gasteiger partial charge in [0.15, 0.2) is 29.3 Å². The van der Waals surface area contributed by atoms with Crippen LogP contribution in [0, 0.1) is 34.1 Å². The lowest BCUT2D eigenvalue weighted by Crippen LogP contribution is -2.30. The Hall–Kier alpha value is -5.43. The fraction of sp³-hybridized carbons (Fsp3) is 0.212. The summed E-state index contributed by atoms with van der Waals surface area (Å²) in [7, 11) is -1.89. The number of nitro benzene ring substituents is 2. The number of ether oxygens (including phenoxy) is 4. The molecule has 4 aromatic rings. The molecule has 0 bridgehead atoms. The van der Waals surface area contributed by atoms with Gasteiger partial charge >= 0.3 is 0 Å². The van der Waals surface area contributed by atoms with Crippen LogP contribution in [-0.2, 0) is 20.0 Å². The van der Waals surface area contributed by atoms with E-state index >= 15 is 0 Å². The van der Waals surface area contributed by atoms with Crippen molar-refractivity contribution in [2.75, 3.05) is 33.4 Å². The molecule has 22 heteroatoms. The van der Waals surface area contributed by atoms with Crippen molar-refractivity contribution in [1.82, 2.24) is 9.66 Å². The molecule has 0 saturated carbocycles. The van der Waals surface area contributed by atoms with Crippen molar-refractivity contribution in [3.05, 3.63) is 115 Å². The normalized spacial score (nSPS) is 10.6. The summed E-state index contributed by atoms with van der Waals surface area (Å²) in [4.78, 5) is 37.1. The van der Waals surface area contributed by atoms with Gasteiger partial charge < -0.3 is 18.9 Å². The number of halogens is 1. The van der Waals surface area contributed by atoms with Crippen molar-refractivity contribution in [2.45, 2.75) is 23.6 Å². The molecule has 0 aliphatic heterocycles. The van der Waals surface area contributed by atoms with Gasteiger partial charge in [0.25, 0.3) is 31.4 Å². The monoisotopic (exact) mass is 918 g/mol. The van der Waals surface area contributed by atoms with Gasteiger partial charge in [0, 0.05) is 6.07 Å². The summed E-state index contributed by atoms with van der Waals surface area (Å²) >= 11 is 2.15. The van der Waals surface area contributed by atoms with Crippen LogP contribution >= 0.6 is 22.6 Å². The zero-order valence-electron chi connectivity index (χ0n) is 30.5. The molecule has 4 rings (SSSR count). The molecule has 0 unspecified atom stereocenters. The zero-order chi connectivity index (χ0) is 41.9. The summed E-state index contributed by atoms with van der Waals surface area (Å²) in [6, 6.07) is 17.5. The first-order valence-corrected chi connectivity index (χ1v) is 20.1. The number of hydrogen-bond donors (Lipinski definition) is 3. The highest BCUT2D eigenvalue weighted by molar-refractivity contribution is 14.1. The Kier molecular flexibility index (Phi) is 19.6. The standard InChI is InChI=1S/C16H17N3O6S.C9H9NO5.C7H10N2O2S.CH3I/c1-11-4-6-13(7-5-11)26(22,23)18-17-10-12-8-15(24-2)16(25-3)9-14(12)19(20)21;1-14-8-3-6(5-11)7(10(12)13)4-9(8)15-2;1-6-2-4-7(5-3-6)12(10,11)9-8;1-2/h4-10,18H,1-3H3;3-5H,1-2H3;2-5,9H,8H2,1H3;1H3/b17-10+;;;. The van der Waals surface area contributed by atoms with Crippen molar-refractivity contribution in [3.63, 3.8) is 0 Å². The maximum Gasteiger partial charge on any atom is 0.283 e. The third kappa shape index (κ3) is 14.1. The molecule has 0 atom stereocenters. The van der Waals surface area contributed by atoms with Gasteiger partial charge in [-0.2, -0.15) is 18.4 Å². The van der Waals surface area contributed by atoms with E-state index in [1.54, 1.807) is 29.1 Å². The zero-order valence-corrected chi connectivity index (χ0v) is 34.3. The predicted molar refractivity (Wildman–Crippen MR) is 213 cm³/mol. The lowest BCUT2D eigenvalue weighted by molar-refractivity contribution is -0.385. The Labute approximate surface area is 331 Å². The van der Waals surface area contributed by atoms with Crippen LogP contribution in [0.5, 0.6) is 23.0 Å². The Bertz CT molecular complexity index is 2170. The SMILES string of the molecule is CI.COc1cc(/C=N/NS(=O)(=O)c2ccc(C)cc2)c([N+](=O)[O-])cc1OC.COc1cc(C=O)c([N+](=O)[O-])cc1OC.Cc1ccc(S(=O)(=O)NN)cc1. The fourth-order valence-electron chi connectivity index (χ4n) is 4.00. The van der Waals surface area contributed by atoms with Gasteiger partial charge in [-0.05, 0) is 49.1 Å². The number of carbonyl (C=O) groups excluding carboxylic acids is 1. The number of aldehydes is 1. The lowest BCUT2D eigenvalue weighted by Gasteiger charge is -2.08. The molecule has 0 aliphatic rings. The van der Waals surface area contributed by atoms with Gasteiger partial charge in [-0.25, -0.2) is 13.2 Å². The third-order valence-electron chi connectivity index (χ3n) is 6.78. The van der Waals surface area contributed by atoms with Crippen molar-refractivity contribution in [3.8, 4) is 23.0 Å². The van der Waals surface area contributed by atoms with Gasteiger partial charge in [-0.15, -0.1) is 0 Å². The van der Waals surface area contributed by atoms with E-state index < -0.39 is 29.9 Å². The first kappa shape index (κ1) is 47.6. The van der Waals surface area contributed by atoms with Gasteiger partial charge in [0.05, 0.1) is 77.6 Å².